The van der Waals surface area contributed by atoms with Crippen LogP contribution in [0.3, 0.4) is 0 Å². The van der Waals surface area contributed by atoms with Crippen LogP contribution >= 0.6 is 0 Å². The predicted molar refractivity (Wildman–Crippen MR) is 84.4 cm³/mol. The molecule has 0 amide bonds. The summed E-state index contributed by atoms with van der Waals surface area (Å²) in [5.74, 6) is 0.911. The Balaban J connectivity index is 1.87. The van der Waals surface area contributed by atoms with Crippen LogP contribution in [0.15, 0.2) is 36.4 Å². The summed E-state index contributed by atoms with van der Waals surface area (Å²) in [7, 11) is 2.07. The molecular weight excluding hydrogens is 264 g/mol. The van der Waals surface area contributed by atoms with E-state index in [0.29, 0.717) is 13.4 Å². The molecule has 4 heteroatoms. The van der Waals surface area contributed by atoms with Gasteiger partial charge >= 0.3 is 0 Å². The SMILES string of the molecule is Cc1ccc(N(C)Cc2cc(N)cc3c2OCOC3)cc1. The smallest absolute Gasteiger partial charge is 0.189 e. The maximum Gasteiger partial charge on any atom is 0.189 e. The van der Waals surface area contributed by atoms with E-state index in [-0.39, 0.29) is 0 Å². The molecule has 0 atom stereocenters. The number of rotatable bonds is 3. The second-order valence-corrected chi connectivity index (χ2v) is 5.47. The van der Waals surface area contributed by atoms with Crippen LogP contribution in [0.1, 0.15) is 16.7 Å². The molecule has 2 aromatic carbocycles. The number of nitrogens with zero attached hydrogens (tertiary/aromatic N) is 1. The zero-order valence-electron chi connectivity index (χ0n) is 12.4. The zero-order valence-corrected chi connectivity index (χ0v) is 12.4. The first-order chi connectivity index (χ1) is 10.1. The lowest BCUT2D eigenvalue weighted by atomic mass is 10.1. The Morgan fingerprint density at radius 2 is 1.95 bits per heavy atom. The minimum atomic E-state index is 0.304. The van der Waals surface area contributed by atoms with Crippen molar-refractivity contribution in [1.29, 1.82) is 0 Å². The summed E-state index contributed by atoms with van der Waals surface area (Å²) in [6.45, 7) is 3.70. The predicted octanol–water partition coefficient (Wildman–Crippen LogP) is 3.08. The summed E-state index contributed by atoms with van der Waals surface area (Å²) in [4.78, 5) is 2.19. The maximum atomic E-state index is 5.99. The molecule has 0 aliphatic carbocycles. The Kier molecular flexibility index (Phi) is 3.71. The summed E-state index contributed by atoms with van der Waals surface area (Å²) < 4.78 is 11.0. The lowest BCUT2D eigenvalue weighted by molar-refractivity contribution is -0.0169. The number of nitrogen functional groups attached to an aromatic ring is 1. The Bertz CT molecular complexity index is 638. The highest BCUT2D eigenvalue weighted by molar-refractivity contribution is 5.56. The molecule has 2 aromatic rings. The fourth-order valence-corrected chi connectivity index (χ4v) is 2.59. The fourth-order valence-electron chi connectivity index (χ4n) is 2.59. The summed E-state index contributed by atoms with van der Waals surface area (Å²) in [5.41, 5.74) is 11.3. The van der Waals surface area contributed by atoms with Gasteiger partial charge in [0, 0.05) is 36.1 Å². The maximum absolute atomic E-state index is 5.99. The Morgan fingerprint density at radius 3 is 2.71 bits per heavy atom. The number of anilines is 2. The number of hydrogen-bond acceptors (Lipinski definition) is 4. The van der Waals surface area contributed by atoms with Crippen molar-refractivity contribution < 1.29 is 9.47 Å². The van der Waals surface area contributed by atoms with Gasteiger partial charge in [-0.05, 0) is 31.2 Å². The molecule has 0 saturated heterocycles. The molecule has 0 radical (unpaired) electrons. The number of benzene rings is 2. The molecule has 4 nitrogen and oxygen atoms in total. The van der Waals surface area contributed by atoms with E-state index in [9.17, 15) is 0 Å². The van der Waals surface area contributed by atoms with E-state index in [1.807, 2.05) is 12.1 Å². The van der Waals surface area contributed by atoms with E-state index < -0.39 is 0 Å². The van der Waals surface area contributed by atoms with Crippen molar-refractivity contribution in [2.45, 2.75) is 20.1 Å². The van der Waals surface area contributed by atoms with Crippen LogP contribution in [-0.2, 0) is 17.9 Å². The average molecular weight is 284 g/mol. The number of fused-ring (bicyclic) bond motifs is 1. The van der Waals surface area contributed by atoms with Crippen LogP contribution in [-0.4, -0.2) is 13.8 Å². The molecule has 0 aromatic heterocycles. The molecule has 1 aliphatic rings. The standard InChI is InChI=1S/C17H20N2O2/c1-12-3-5-16(6-4-12)19(2)9-13-7-15(18)8-14-10-20-11-21-17(13)14/h3-8H,9-11,18H2,1-2H3. The first kappa shape index (κ1) is 13.8. The Hall–Kier alpha value is -2.20. The third kappa shape index (κ3) is 2.95. The molecule has 0 bridgehead atoms. The van der Waals surface area contributed by atoms with E-state index in [1.54, 1.807) is 0 Å². The van der Waals surface area contributed by atoms with Gasteiger partial charge in [0.15, 0.2) is 6.79 Å². The van der Waals surface area contributed by atoms with Gasteiger partial charge in [-0.25, -0.2) is 0 Å². The molecule has 21 heavy (non-hydrogen) atoms. The topological polar surface area (TPSA) is 47.7 Å². The molecule has 1 heterocycles. The van der Waals surface area contributed by atoms with Crippen LogP contribution < -0.4 is 15.4 Å². The van der Waals surface area contributed by atoms with Crippen LogP contribution in [0.2, 0.25) is 0 Å². The van der Waals surface area contributed by atoms with Crippen molar-refractivity contribution in [3.8, 4) is 5.75 Å². The largest absolute Gasteiger partial charge is 0.467 e. The third-order valence-corrected chi connectivity index (χ3v) is 3.69. The molecule has 0 unspecified atom stereocenters. The van der Waals surface area contributed by atoms with E-state index >= 15 is 0 Å². The second kappa shape index (κ2) is 5.66. The minimum Gasteiger partial charge on any atom is -0.467 e. The van der Waals surface area contributed by atoms with Crippen molar-refractivity contribution in [3.05, 3.63) is 53.1 Å². The number of aryl methyl sites for hydroxylation is 1. The van der Waals surface area contributed by atoms with Gasteiger partial charge in [0.1, 0.15) is 5.75 Å². The summed E-state index contributed by atoms with van der Waals surface area (Å²) in [5, 5.41) is 0. The van der Waals surface area contributed by atoms with E-state index in [4.69, 9.17) is 15.2 Å². The van der Waals surface area contributed by atoms with Gasteiger partial charge in [0.25, 0.3) is 0 Å². The average Bonchev–Trinajstić information content (AvgIpc) is 2.47. The normalized spacial score (nSPS) is 13.4. The van der Waals surface area contributed by atoms with Gasteiger partial charge in [-0.1, -0.05) is 17.7 Å². The molecule has 0 spiro atoms. The first-order valence-electron chi connectivity index (χ1n) is 7.03. The summed E-state index contributed by atoms with van der Waals surface area (Å²) in [6.07, 6.45) is 0. The minimum absolute atomic E-state index is 0.304. The van der Waals surface area contributed by atoms with Crippen molar-refractivity contribution in [2.24, 2.45) is 0 Å². The third-order valence-electron chi connectivity index (χ3n) is 3.69. The summed E-state index contributed by atoms with van der Waals surface area (Å²) >= 11 is 0. The monoisotopic (exact) mass is 284 g/mol. The molecule has 110 valence electrons. The van der Waals surface area contributed by atoms with E-state index in [2.05, 4.69) is 43.1 Å². The molecule has 1 aliphatic heterocycles. The Morgan fingerprint density at radius 1 is 1.19 bits per heavy atom. The first-order valence-corrected chi connectivity index (χ1v) is 7.03. The second-order valence-electron chi connectivity index (χ2n) is 5.47. The summed E-state index contributed by atoms with van der Waals surface area (Å²) in [6, 6.07) is 12.4. The van der Waals surface area contributed by atoms with Crippen LogP contribution in [0.4, 0.5) is 11.4 Å². The van der Waals surface area contributed by atoms with E-state index in [1.165, 1.54) is 11.3 Å². The van der Waals surface area contributed by atoms with Crippen LogP contribution in [0, 0.1) is 6.92 Å². The van der Waals surface area contributed by atoms with Crippen LogP contribution in [0.25, 0.3) is 0 Å². The lowest BCUT2D eigenvalue weighted by Gasteiger charge is -2.25. The number of ether oxygens (including phenoxy) is 2. The van der Waals surface area contributed by atoms with Crippen molar-refractivity contribution in [2.75, 3.05) is 24.5 Å². The van der Waals surface area contributed by atoms with Crippen molar-refractivity contribution in [1.82, 2.24) is 0 Å². The van der Waals surface area contributed by atoms with Gasteiger partial charge < -0.3 is 20.1 Å². The highest BCUT2D eigenvalue weighted by atomic mass is 16.7. The van der Waals surface area contributed by atoms with Gasteiger partial charge in [-0.3, -0.25) is 0 Å². The molecule has 0 fully saturated rings. The fraction of sp³-hybridized carbons (Fsp3) is 0.294. The lowest BCUT2D eigenvalue weighted by Crippen LogP contribution is -2.20. The highest BCUT2D eigenvalue weighted by Crippen LogP contribution is 2.32. The van der Waals surface area contributed by atoms with E-state index in [0.717, 1.165) is 29.1 Å². The number of hydrogen-bond donors (Lipinski definition) is 1. The molecule has 0 saturated carbocycles. The van der Waals surface area contributed by atoms with Gasteiger partial charge in [-0.15, -0.1) is 0 Å². The molecular formula is C17H20N2O2. The van der Waals surface area contributed by atoms with Crippen LogP contribution in [0.5, 0.6) is 5.75 Å². The molecule has 3 rings (SSSR count). The van der Waals surface area contributed by atoms with Gasteiger partial charge in [0.2, 0.25) is 0 Å². The van der Waals surface area contributed by atoms with Gasteiger partial charge in [0.05, 0.1) is 6.61 Å². The highest BCUT2D eigenvalue weighted by Gasteiger charge is 2.17. The number of nitrogens with two attached hydrogens (primary N) is 1. The molecule has 2 N–H and O–H groups in total. The van der Waals surface area contributed by atoms with Crippen molar-refractivity contribution in [3.63, 3.8) is 0 Å². The van der Waals surface area contributed by atoms with Gasteiger partial charge in [-0.2, -0.15) is 0 Å². The van der Waals surface area contributed by atoms with Crippen molar-refractivity contribution >= 4 is 11.4 Å². The quantitative estimate of drug-likeness (QED) is 0.880. The zero-order chi connectivity index (χ0) is 14.8. The Labute approximate surface area is 125 Å².